The van der Waals surface area contributed by atoms with Gasteiger partial charge in [0.05, 0.1) is 27.7 Å². The number of amides is 1. The fourth-order valence-electron chi connectivity index (χ4n) is 3.15. The summed E-state index contributed by atoms with van der Waals surface area (Å²) in [4.78, 5) is 41.1. The largest absolute Gasteiger partial charge is 0.496 e. The van der Waals surface area contributed by atoms with Crippen LogP contribution in [0.1, 0.15) is 5.56 Å². The Morgan fingerprint density at radius 1 is 1.00 bits per heavy atom. The molecule has 3 aromatic rings. The first kappa shape index (κ1) is 21.0. The van der Waals surface area contributed by atoms with Crippen LogP contribution < -0.4 is 30.8 Å². The van der Waals surface area contributed by atoms with E-state index in [2.05, 4.69) is 10.3 Å². The smallest absolute Gasteiger partial charge is 0.332 e. The number of carbonyl (C=O) groups excluding carboxylic acids is 1. The zero-order valence-corrected chi connectivity index (χ0v) is 17.4. The van der Waals surface area contributed by atoms with Crippen LogP contribution in [0.4, 0.5) is 0 Å². The fraction of sp³-hybridized carbons (Fsp3) is 0.368. The van der Waals surface area contributed by atoms with Gasteiger partial charge in [-0.25, -0.2) is 9.78 Å². The molecule has 0 saturated heterocycles. The van der Waals surface area contributed by atoms with Crippen molar-refractivity contribution in [2.75, 3.05) is 21.3 Å². The van der Waals surface area contributed by atoms with Crippen LogP contribution >= 0.6 is 0 Å². The number of aromatic nitrogens is 4. The standard InChI is InChI=1S/C19H23N5O6/c1-22-17-16(18(26)23(2)19(22)27)24(10-21-17)9-15(25)20-8-11-6-13(29-4)14(30-5)7-12(11)28-3/h6-7,10H,8-9H2,1-5H3,(H,20,25). The number of benzene rings is 1. The van der Waals surface area contributed by atoms with Crippen LogP contribution in [-0.2, 0) is 32.0 Å². The van der Waals surface area contributed by atoms with Gasteiger partial charge in [0, 0.05) is 32.3 Å². The molecular weight excluding hydrogens is 394 g/mol. The van der Waals surface area contributed by atoms with Gasteiger partial charge in [0.25, 0.3) is 5.56 Å². The summed E-state index contributed by atoms with van der Waals surface area (Å²) >= 11 is 0. The second-order valence-corrected chi connectivity index (χ2v) is 6.55. The van der Waals surface area contributed by atoms with E-state index in [1.807, 2.05) is 0 Å². The van der Waals surface area contributed by atoms with E-state index in [-0.39, 0.29) is 30.2 Å². The number of rotatable bonds is 7. The lowest BCUT2D eigenvalue weighted by Crippen LogP contribution is -2.38. The summed E-state index contributed by atoms with van der Waals surface area (Å²) < 4.78 is 19.6. The number of nitrogens with one attached hydrogen (secondary N) is 1. The van der Waals surface area contributed by atoms with Crippen molar-refractivity contribution in [2.45, 2.75) is 13.1 Å². The summed E-state index contributed by atoms with van der Waals surface area (Å²) in [6, 6.07) is 3.39. The van der Waals surface area contributed by atoms with Gasteiger partial charge in [0.15, 0.2) is 22.7 Å². The van der Waals surface area contributed by atoms with Crippen molar-refractivity contribution in [1.29, 1.82) is 0 Å². The Morgan fingerprint density at radius 2 is 1.63 bits per heavy atom. The van der Waals surface area contributed by atoms with E-state index in [0.29, 0.717) is 22.8 Å². The van der Waals surface area contributed by atoms with Crippen LogP contribution in [0.3, 0.4) is 0 Å². The Hall–Kier alpha value is -3.76. The second-order valence-electron chi connectivity index (χ2n) is 6.55. The Labute approximate surface area is 171 Å². The summed E-state index contributed by atoms with van der Waals surface area (Å²) in [6.07, 6.45) is 1.36. The molecule has 1 aromatic carbocycles. The third kappa shape index (κ3) is 3.61. The molecule has 0 aliphatic carbocycles. The van der Waals surface area contributed by atoms with Crippen molar-refractivity contribution >= 4 is 17.1 Å². The molecule has 0 saturated carbocycles. The van der Waals surface area contributed by atoms with E-state index in [1.54, 1.807) is 12.1 Å². The molecule has 11 nitrogen and oxygen atoms in total. The maximum Gasteiger partial charge on any atom is 0.332 e. The average Bonchev–Trinajstić information content (AvgIpc) is 3.17. The first-order chi connectivity index (χ1) is 14.3. The van der Waals surface area contributed by atoms with Crippen molar-refractivity contribution in [3.8, 4) is 17.2 Å². The lowest BCUT2D eigenvalue weighted by Gasteiger charge is -2.14. The molecule has 0 radical (unpaired) electrons. The zero-order chi connectivity index (χ0) is 22.0. The van der Waals surface area contributed by atoms with Crippen LogP contribution in [-0.4, -0.2) is 45.9 Å². The first-order valence-corrected chi connectivity index (χ1v) is 8.98. The molecule has 0 aliphatic heterocycles. The predicted octanol–water partition coefficient (Wildman–Crippen LogP) is -0.224. The van der Waals surface area contributed by atoms with Crippen molar-refractivity contribution in [2.24, 2.45) is 14.1 Å². The fourth-order valence-corrected chi connectivity index (χ4v) is 3.15. The van der Waals surface area contributed by atoms with Crippen molar-refractivity contribution in [3.05, 3.63) is 44.9 Å². The average molecular weight is 417 g/mol. The summed E-state index contributed by atoms with van der Waals surface area (Å²) in [5, 5.41) is 2.78. The van der Waals surface area contributed by atoms with Crippen LogP contribution in [0, 0.1) is 0 Å². The van der Waals surface area contributed by atoms with Crippen LogP contribution in [0.15, 0.2) is 28.0 Å². The number of aryl methyl sites for hydroxylation is 1. The van der Waals surface area contributed by atoms with Gasteiger partial charge in [-0.1, -0.05) is 0 Å². The number of ether oxygens (including phenoxy) is 3. The van der Waals surface area contributed by atoms with E-state index < -0.39 is 11.2 Å². The molecule has 11 heteroatoms. The van der Waals surface area contributed by atoms with E-state index in [1.165, 1.54) is 50.9 Å². The van der Waals surface area contributed by atoms with Crippen molar-refractivity contribution < 1.29 is 19.0 Å². The van der Waals surface area contributed by atoms with Gasteiger partial charge in [0.2, 0.25) is 5.91 Å². The molecule has 1 amide bonds. The second kappa shape index (κ2) is 8.31. The number of nitrogens with zero attached hydrogens (tertiary/aromatic N) is 4. The highest BCUT2D eigenvalue weighted by molar-refractivity contribution is 5.79. The number of hydrogen-bond donors (Lipinski definition) is 1. The summed E-state index contributed by atoms with van der Waals surface area (Å²) in [6.45, 7) is 0.0328. The lowest BCUT2D eigenvalue weighted by atomic mass is 10.1. The molecule has 0 spiro atoms. The molecule has 0 aliphatic rings. The first-order valence-electron chi connectivity index (χ1n) is 8.98. The Morgan fingerprint density at radius 3 is 2.27 bits per heavy atom. The highest BCUT2D eigenvalue weighted by Gasteiger charge is 2.17. The summed E-state index contributed by atoms with van der Waals surface area (Å²) in [5.41, 5.74) is 0.0934. The quantitative estimate of drug-likeness (QED) is 0.564. The number of hydrogen-bond acceptors (Lipinski definition) is 7. The maximum absolute atomic E-state index is 12.5. The molecule has 2 heterocycles. The van der Waals surface area contributed by atoms with Crippen LogP contribution in [0.25, 0.3) is 11.2 Å². The molecule has 3 rings (SSSR count). The van der Waals surface area contributed by atoms with Gasteiger partial charge >= 0.3 is 5.69 Å². The highest BCUT2D eigenvalue weighted by atomic mass is 16.5. The molecule has 1 N–H and O–H groups in total. The van der Waals surface area contributed by atoms with Gasteiger partial charge in [-0.2, -0.15) is 0 Å². The van der Waals surface area contributed by atoms with Gasteiger partial charge in [-0.3, -0.25) is 18.7 Å². The molecule has 0 fully saturated rings. The minimum atomic E-state index is -0.514. The van der Waals surface area contributed by atoms with Crippen LogP contribution in [0.2, 0.25) is 0 Å². The normalized spacial score (nSPS) is 10.8. The zero-order valence-electron chi connectivity index (χ0n) is 17.4. The van der Waals surface area contributed by atoms with E-state index in [9.17, 15) is 14.4 Å². The maximum atomic E-state index is 12.5. The number of carbonyl (C=O) groups is 1. The minimum absolute atomic E-state index is 0.139. The molecule has 0 bridgehead atoms. The molecule has 0 unspecified atom stereocenters. The highest BCUT2D eigenvalue weighted by Crippen LogP contribution is 2.34. The van der Waals surface area contributed by atoms with E-state index in [4.69, 9.17) is 14.2 Å². The van der Waals surface area contributed by atoms with Crippen molar-refractivity contribution in [1.82, 2.24) is 24.0 Å². The molecule has 160 valence electrons. The predicted molar refractivity (Wildman–Crippen MR) is 108 cm³/mol. The Kier molecular flexibility index (Phi) is 5.81. The Balaban J connectivity index is 1.82. The third-order valence-electron chi connectivity index (χ3n) is 4.79. The van der Waals surface area contributed by atoms with Crippen LogP contribution in [0.5, 0.6) is 17.2 Å². The van der Waals surface area contributed by atoms with E-state index >= 15 is 0 Å². The molecule has 30 heavy (non-hydrogen) atoms. The van der Waals surface area contributed by atoms with Gasteiger partial charge in [0.1, 0.15) is 12.3 Å². The van der Waals surface area contributed by atoms with Gasteiger partial charge in [-0.15, -0.1) is 0 Å². The summed E-state index contributed by atoms with van der Waals surface area (Å²) in [7, 11) is 7.46. The Bertz CT molecular complexity index is 1220. The number of methoxy groups -OCH3 is 3. The topological polar surface area (TPSA) is 119 Å². The van der Waals surface area contributed by atoms with Gasteiger partial charge in [-0.05, 0) is 6.07 Å². The molecule has 2 aromatic heterocycles. The third-order valence-corrected chi connectivity index (χ3v) is 4.79. The van der Waals surface area contributed by atoms with Gasteiger partial charge < -0.3 is 24.1 Å². The number of fused-ring (bicyclic) bond motifs is 1. The van der Waals surface area contributed by atoms with Crippen molar-refractivity contribution in [3.63, 3.8) is 0 Å². The summed E-state index contributed by atoms with van der Waals surface area (Å²) in [5.74, 6) is 1.20. The molecule has 0 atom stereocenters. The number of imidazole rings is 1. The SMILES string of the molecule is COc1cc(OC)c(OC)cc1CNC(=O)Cn1cnc2c1c(=O)n(C)c(=O)n2C. The lowest BCUT2D eigenvalue weighted by molar-refractivity contribution is -0.121. The molecular formula is C19H23N5O6. The monoisotopic (exact) mass is 417 g/mol. The minimum Gasteiger partial charge on any atom is -0.496 e. The van der Waals surface area contributed by atoms with E-state index in [0.717, 1.165) is 4.57 Å².